The van der Waals surface area contributed by atoms with E-state index in [0.29, 0.717) is 30.6 Å². The second-order valence-corrected chi connectivity index (χ2v) is 9.28. The summed E-state index contributed by atoms with van der Waals surface area (Å²) in [7, 11) is 3.34. The number of methoxy groups -OCH3 is 2. The SMILES string of the molecule is CCC(CC1C=CC=CC1)(C1=CC(C)=C(O)C(COC)C1)c1cc(C)c(O)c(COC)c1. The van der Waals surface area contributed by atoms with E-state index in [1.165, 1.54) is 11.1 Å². The molecule has 3 unspecified atom stereocenters. The lowest BCUT2D eigenvalue weighted by molar-refractivity contribution is 0.138. The van der Waals surface area contributed by atoms with E-state index < -0.39 is 0 Å². The van der Waals surface area contributed by atoms with Crippen LogP contribution < -0.4 is 0 Å². The second kappa shape index (κ2) is 10.5. The average Bonchev–Trinajstić information content (AvgIpc) is 2.79. The number of aliphatic hydroxyl groups is 1. The molecule has 0 radical (unpaired) electrons. The molecule has 1 aromatic carbocycles. The number of aliphatic hydroxyl groups excluding tert-OH is 1. The van der Waals surface area contributed by atoms with Crippen LogP contribution in [0.5, 0.6) is 5.75 Å². The fraction of sp³-hybridized carbons (Fsp3) is 0.500. The Morgan fingerprint density at radius 2 is 1.88 bits per heavy atom. The molecule has 2 N–H and O–H groups in total. The topological polar surface area (TPSA) is 58.9 Å². The Labute approximate surface area is 193 Å². The second-order valence-electron chi connectivity index (χ2n) is 9.28. The van der Waals surface area contributed by atoms with Gasteiger partial charge in [0.25, 0.3) is 0 Å². The third-order valence-corrected chi connectivity index (χ3v) is 7.15. The number of aromatic hydroxyl groups is 1. The van der Waals surface area contributed by atoms with Gasteiger partial charge in [0.1, 0.15) is 11.5 Å². The summed E-state index contributed by atoms with van der Waals surface area (Å²) in [6, 6.07) is 4.26. The number of aryl methyl sites for hydroxylation is 1. The van der Waals surface area contributed by atoms with Gasteiger partial charge in [-0.2, -0.15) is 0 Å². The Morgan fingerprint density at radius 3 is 2.50 bits per heavy atom. The van der Waals surface area contributed by atoms with Crippen LogP contribution in [0.15, 0.2) is 59.4 Å². The highest BCUT2D eigenvalue weighted by Crippen LogP contribution is 2.49. The van der Waals surface area contributed by atoms with Crippen LogP contribution in [-0.4, -0.2) is 31.0 Å². The summed E-state index contributed by atoms with van der Waals surface area (Å²) in [6.07, 6.45) is 14.7. The Morgan fingerprint density at radius 1 is 1.09 bits per heavy atom. The molecule has 0 fully saturated rings. The van der Waals surface area contributed by atoms with E-state index in [1.807, 2.05) is 13.8 Å². The van der Waals surface area contributed by atoms with E-state index in [9.17, 15) is 10.2 Å². The zero-order valence-corrected chi connectivity index (χ0v) is 20.1. The van der Waals surface area contributed by atoms with Crippen LogP contribution in [-0.2, 0) is 21.5 Å². The number of hydrogen-bond acceptors (Lipinski definition) is 4. The van der Waals surface area contributed by atoms with Gasteiger partial charge in [-0.25, -0.2) is 0 Å². The smallest absolute Gasteiger partial charge is 0.124 e. The number of ether oxygens (including phenoxy) is 2. The molecule has 0 aliphatic heterocycles. The molecule has 0 saturated heterocycles. The van der Waals surface area contributed by atoms with Gasteiger partial charge in [-0.1, -0.05) is 48.9 Å². The van der Waals surface area contributed by atoms with Crippen molar-refractivity contribution in [2.24, 2.45) is 11.8 Å². The molecule has 174 valence electrons. The van der Waals surface area contributed by atoms with Gasteiger partial charge in [0.2, 0.25) is 0 Å². The van der Waals surface area contributed by atoms with Gasteiger partial charge in [0, 0.05) is 31.1 Å². The van der Waals surface area contributed by atoms with E-state index in [4.69, 9.17) is 9.47 Å². The van der Waals surface area contributed by atoms with Crippen molar-refractivity contribution < 1.29 is 19.7 Å². The molecule has 1 aromatic rings. The molecular formula is C28H38O4. The number of benzene rings is 1. The Kier molecular flexibility index (Phi) is 8.02. The number of allylic oxidation sites excluding steroid dienone is 7. The standard InChI is InChI=1S/C28H38O4/c1-6-28(16-21-10-8-7-9-11-21,24-12-19(2)26(29)22(14-24)17-31-4)25-13-20(3)27(30)23(15-25)18-32-5/h7-10,12-14,21,23,29-30H,6,11,15-18H2,1-5H3. The number of phenolic OH excluding ortho intramolecular Hbond substituents is 1. The minimum absolute atomic E-state index is 0.0376. The van der Waals surface area contributed by atoms with Crippen LogP contribution in [0.4, 0.5) is 0 Å². The van der Waals surface area contributed by atoms with E-state index in [1.54, 1.807) is 14.2 Å². The molecule has 0 amide bonds. The zero-order valence-electron chi connectivity index (χ0n) is 20.1. The number of hydrogen-bond donors (Lipinski definition) is 2. The zero-order chi connectivity index (χ0) is 23.3. The summed E-state index contributed by atoms with van der Waals surface area (Å²) in [5.74, 6) is 1.14. The summed E-state index contributed by atoms with van der Waals surface area (Å²) in [5, 5.41) is 21.3. The van der Waals surface area contributed by atoms with Gasteiger partial charge in [0.15, 0.2) is 0 Å². The van der Waals surface area contributed by atoms with Crippen LogP contribution in [0.2, 0.25) is 0 Å². The molecule has 2 aliphatic carbocycles. The molecular weight excluding hydrogens is 400 g/mol. The maximum Gasteiger partial charge on any atom is 0.124 e. The minimum atomic E-state index is -0.213. The Bertz CT molecular complexity index is 937. The van der Waals surface area contributed by atoms with Crippen molar-refractivity contribution in [1.82, 2.24) is 0 Å². The summed E-state index contributed by atoms with van der Waals surface area (Å²) >= 11 is 0. The molecule has 0 saturated carbocycles. The molecule has 3 rings (SSSR count). The van der Waals surface area contributed by atoms with Gasteiger partial charge >= 0.3 is 0 Å². The first-order chi connectivity index (χ1) is 15.4. The number of phenols is 1. The molecule has 32 heavy (non-hydrogen) atoms. The number of rotatable bonds is 9. The fourth-order valence-corrected chi connectivity index (χ4v) is 5.39. The average molecular weight is 439 g/mol. The molecule has 0 aromatic heterocycles. The van der Waals surface area contributed by atoms with E-state index in [2.05, 4.69) is 49.4 Å². The van der Waals surface area contributed by atoms with Crippen molar-refractivity contribution in [2.75, 3.05) is 20.8 Å². The summed E-state index contributed by atoms with van der Waals surface area (Å²) in [6.45, 7) is 7.06. The fourth-order valence-electron chi connectivity index (χ4n) is 5.39. The Balaban J connectivity index is 2.17. The molecule has 0 bridgehead atoms. The molecule has 0 spiro atoms. The van der Waals surface area contributed by atoms with Gasteiger partial charge in [0.05, 0.1) is 13.2 Å². The first-order valence-corrected chi connectivity index (χ1v) is 11.6. The van der Waals surface area contributed by atoms with Crippen molar-refractivity contribution >= 4 is 0 Å². The van der Waals surface area contributed by atoms with Crippen LogP contribution in [0.3, 0.4) is 0 Å². The van der Waals surface area contributed by atoms with E-state index >= 15 is 0 Å². The third kappa shape index (κ3) is 4.87. The molecule has 4 heteroatoms. The van der Waals surface area contributed by atoms with Crippen molar-refractivity contribution in [2.45, 2.75) is 58.5 Å². The lowest BCUT2D eigenvalue weighted by atomic mass is 9.62. The Hall–Kier alpha value is -2.30. The van der Waals surface area contributed by atoms with Crippen LogP contribution in [0.25, 0.3) is 0 Å². The largest absolute Gasteiger partial charge is 0.512 e. The first-order valence-electron chi connectivity index (χ1n) is 11.6. The quantitative estimate of drug-likeness (QED) is 0.466. The highest BCUT2D eigenvalue weighted by molar-refractivity contribution is 5.50. The minimum Gasteiger partial charge on any atom is -0.512 e. The molecule has 4 nitrogen and oxygen atoms in total. The lowest BCUT2D eigenvalue weighted by Crippen LogP contribution is -2.34. The van der Waals surface area contributed by atoms with Crippen LogP contribution >= 0.6 is 0 Å². The van der Waals surface area contributed by atoms with Crippen molar-refractivity contribution in [1.29, 1.82) is 0 Å². The monoisotopic (exact) mass is 438 g/mol. The van der Waals surface area contributed by atoms with Crippen LogP contribution in [0.1, 0.15) is 56.2 Å². The van der Waals surface area contributed by atoms with Crippen molar-refractivity contribution in [3.05, 3.63) is 76.1 Å². The van der Waals surface area contributed by atoms with E-state index in [-0.39, 0.29) is 11.3 Å². The van der Waals surface area contributed by atoms with Gasteiger partial charge in [-0.15, -0.1) is 0 Å². The van der Waals surface area contributed by atoms with Crippen molar-refractivity contribution in [3.63, 3.8) is 0 Å². The predicted molar refractivity (Wildman–Crippen MR) is 130 cm³/mol. The van der Waals surface area contributed by atoms with Gasteiger partial charge in [-0.05, 0) is 68.2 Å². The molecule has 2 aliphatic rings. The van der Waals surface area contributed by atoms with Crippen molar-refractivity contribution in [3.8, 4) is 5.75 Å². The summed E-state index contributed by atoms with van der Waals surface area (Å²) < 4.78 is 10.8. The molecule has 3 atom stereocenters. The highest BCUT2D eigenvalue weighted by atomic mass is 16.5. The first kappa shape index (κ1) is 24.3. The lowest BCUT2D eigenvalue weighted by Gasteiger charge is -2.42. The van der Waals surface area contributed by atoms with Gasteiger partial charge < -0.3 is 19.7 Å². The highest BCUT2D eigenvalue weighted by Gasteiger charge is 2.40. The molecule has 0 heterocycles. The summed E-state index contributed by atoms with van der Waals surface area (Å²) in [4.78, 5) is 0. The van der Waals surface area contributed by atoms with E-state index in [0.717, 1.165) is 42.4 Å². The predicted octanol–water partition coefficient (Wildman–Crippen LogP) is 6.44. The van der Waals surface area contributed by atoms with Gasteiger partial charge in [-0.3, -0.25) is 0 Å². The normalized spacial score (nSPS) is 22.7. The maximum atomic E-state index is 10.7. The van der Waals surface area contributed by atoms with Crippen LogP contribution in [0, 0.1) is 18.8 Å². The maximum absolute atomic E-state index is 10.7. The summed E-state index contributed by atoms with van der Waals surface area (Å²) in [5.41, 5.74) is 4.93. The third-order valence-electron chi connectivity index (χ3n) is 7.15.